The molecule has 0 saturated heterocycles. The Balaban J connectivity index is 1.76. The first kappa shape index (κ1) is 15.0. The van der Waals surface area contributed by atoms with E-state index in [1.165, 1.54) is 25.7 Å². The van der Waals surface area contributed by atoms with Gasteiger partial charge in [-0.1, -0.05) is 34.8 Å². The second-order valence-corrected chi connectivity index (χ2v) is 5.79. The zero-order valence-electron chi connectivity index (χ0n) is 11.4. The fourth-order valence-electron chi connectivity index (χ4n) is 2.13. The number of halogens is 1. The molecular weight excluding hydrogens is 320 g/mol. The molecule has 1 aromatic carbocycles. The van der Waals surface area contributed by atoms with Gasteiger partial charge in [0.1, 0.15) is 5.75 Å². The van der Waals surface area contributed by atoms with E-state index in [1.807, 2.05) is 24.3 Å². The summed E-state index contributed by atoms with van der Waals surface area (Å²) in [6.07, 6.45) is 6.85. The highest BCUT2D eigenvalue weighted by Gasteiger charge is 2.07. The van der Waals surface area contributed by atoms with Crippen molar-refractivity contribution in [3.63, 3.8) is 0 Å². The molecule has 1 fully saturated rings. The van der Waals surface area contributed by atoms with Crippen LogP contribution in [0.1, 0.15) is 38.5 Å². The molecule has 1 aliphatic rings. The standard InChI is InChI=1S/C15H19BrN2O2/c16-12-6-5-9-14(10-12)20-11-15(19)18-17-13-7-3-1-2-4-8-13/h5-6,9-10H,1-4,7-8,11H2,(H,18,19). The normalized spacial score (nSPS) is 15.3. The Bertz CT molecular complexity index is 479. The monoisotopic (exact) mass is 338 g/mol. The summed E-state index contributed by atoms with van der Waals surface area (Å²) in [5.41, 5.74) is 3.67. The van der Waals surface area contributed by atoms with Crippen molar-refractivity contribution in [3.05, 3.63) is 28.7 Å². The number of hydrogen-bond acceptors (Lipinski definition) is 3. The molecule has 1 N–H and O–H groups in total. The molecule has 0 bridgehead atoms. The van der Waals surface area contributed by atoms with Crippen molar-refractivity contribution in [1.82, 2.24) is 5.43 Å². The summed E-state index contributed by atoms with van der Waals surface area (Å²) in [6, 6.07) is 7.41. The summed E-state index contributed by atoms with van der Waals surface area (Å²) >= 11 is 3.36. The lowest BCUT2D eigenvalue weighted by Gasteiger charge is -2.06. The van der Waals surface area contributed by atoms with Crippen molar-refractivity contribution in [2.75, 3.05) is 6.61 Å². The molecule has 1 saturated carbocycles. The average Bonchev–Trinajstić information content (AvgIpc) is 2.71. The van der Waals surface area contributed by atoms with Crippen molar-refractivity contribution in [2.24, 2.45) is 5.10 Å². The summed E-state index contributed by atoms with van der Waals surface area (Å²) in [7, 11) is 0. The lowest BCUT2D eigenvalue weighted by Crippen LogP contribution is -2.25. The van der Waals surface area contributed by atoms with Gasteiger partial charge in [0.15, 0.2) is 6.61 Å². The predicted molar refractivity (Wildman–Crippen MR) is 82.9 cm³/mol. The van der Waals surface area contributed by atoms with Gasteiger partial charge in [0, 0.05) is 10.2 Å². The van der Waals surface area contributed by atoms with E-state index in [9.17, 15) is 4.79 Å². The van der Waals surface area contributed by atoms with Gasteiger partial charge in [-0.25, -0.2) is 5.43 Å². The topological polar surface area (TPSA) is 50.7 Å². The van der Waals surface area contributed by atoms with Gasteiger partial charge >= 0.3 is 0 Å². The fourth-order valence-corrected chi connectivity index (χ4v) is 2.51. The number of hydrazone groups is 1. The molecule has 0 radical (unpaired) electrons. The van der Waals surface area contributed by atoms with Crippen LogP contribution in [0.4, 0.5) is 0 Å². The third-order valence-electron chi connectivity index (χ3n) is 3.19. The predicted octanol–water partition coefficient (Wildman–Crippen LogP) is 3.65. The molecule has 0 aliphatic heterocycles. The molecule has 1 amide bonds. The zero-order chi connectivity index (χ0) is 14.2. The Labute approximate surface area is 127 Å². The number of rotatable bonds is 4. The highest BCUT2D eigenvalue weighted by molar-refractivity contribution is 9.10. The number of ether oxygens (including phenoxy) is 1. The van der Waals surface area contributed by atoms with E-state index in [4.69, 9.17) is 4.74 Å². The van der Waals surface area contributed by atoms with Crippen LogP contribution in [0.2, 0.25) is 0 Å². The SMILES string of the molecule is O=C(COc1cccc(Br)c1)NN=C1CCCCCC1. The Hall–Kier alpha value is -1.36. The lowest BCUT2D eigenvalue weighted by molar-refractivity contribution is -0.123. The summed E-state index contributed by atoms with van der Waals surface area (Å²) in [5.74, 6) is 0.443. The van der Waals surface area contributed by atoms with Gasteiger partial charge in [-0.2, -0.15) is 5.10 Å². The van der Waals surface area contributed by atoms with E-state index in [0.29, 0.717) is 5.75 Å². The van der Waals surface area contributed by atoms with E-state index >= 15 is 0 Å². The van der Waals surface area contributed by atoms with Crippen LogP contribution in [-0.4, -0.2) is 18.2 Å². The highest BCUT2D eigenvalue weighted by Crippen LogP contribution is 2.17. The van der Waals surface area contributed by atoms with Crippen molar-refractivity contribution >= 4 is 27.5 Å². The third-order valence-corrected chi connectivity index (χ3v) is 3.68. The Morgan fingerprint density at radius 2 is 2.00 bits per heavy atom. The van der Waals surface area contributed by atoms with Crippen LogP contribution in [0.25, 0.3) is 0 Å². The van der Waals surface area contributed by atoms with Crippen LogP contribution in [0.15, 0.2) is 33.8 Å². The summed E-state index contributed by atoms with van der Waals surface area (Å²) < 4.78 is 6.33. The molecule has 0 atom stereocenters. The van der Waals surface area contributed by atoms with E-state index in [2.05, 4.69) is 26.5 Å². The number of carbonyl (C=O) groups excluding carboxylic acids is 1. The molecule has 0 aromatic heterocycles. The lowest BCUT2D eigenvalue weighted by atomic mass is 10.2. The Morgan fingerprint density at radius 3 is 2.70 bits per heavy atom. The minimum absolute atomic E-state index is 0.0206. The first-order chi connectivity index (χ1) is 9.74. The molecule has 0 unspecified atom stereocenters. The van der Waals surface area contributed by atoms with Crippen LogP contribution < -0.4 is 10.2 Å². The molecule has 4 nitrogen and oxygen atoms in total. The molecule has 20 heavy (non-hydrogen) atoms. The maximum absolute atomic E-state index is 11.7. The zero-order valence-corrected chi connectivity index (χ0v) is 13.0. The smallest absolute Gasteiger partial charge is 0.277 e. The maximum Gasteiger partial charge on any atom is 0.277 e. The number of carbonyl (C=O) groups is 1. The first-order valence-electron chi connectivity index (χ1n) is 6.97. The van der Waals surface area contributed by atoms with Crippen molar-refractivity contribution in [1.29, 1.82) is 0 Å². The summed E-state index contributed by atoms with van der Waals surface area (Å²) in [6.45, 7) is -0.0206. The summed E-state index contributed by atoms with van der Waals surface area (Å²) in [4.78, 5) is 11.7. The van der Waals surface area contributed by atoms with Gasteiger partial charge < -0.3 is 4.74 Å². The molecule has 0 heterocycles. The molecule has 0 spiro atoms. The molecule has 108 valence electrons. The van der Waals surface area contributed by atoms with Gasteiger partial charge in [0.05, 0.1) is 0 Å². The third kappa shape index (κ3) is 5.33. The quantitative estimate of drug-likeness (QED) is 0.672. The van der Waals surface area contributed by atoms with Crippen LogP contribution in [0, 0.1) is 0 Å². The van der Waals surface area contributed by atoms with Crippen LogP contribution in [0.3, 0.4) is 0 Å². The molecule has 1 aliphatic carbocycles. The Morgan fingerprint density at radius 1 is 1.25 bits per heavy atom. The van der Waals surface area contributed by atoms with E-state index in [-0.39, 0.29) is 12.5 Å². The van der Waals surface area contributed by atoms with Crippen molar-refractivity contribution < 1.29 is 9.53 Å². The summed E-state index contributed by atoms with van der Waals surface area (Å²) in [5, 5.41) is 4.20. The van der Waals surface area contributed by atoms with Crippen molar-refractivity contribution in [3.8, 4) is 5.75 Å². The minimum atomic E-state index is -0.221. The van der Waals surface area contributed by atoms with Gasteiger partial charge in [-0.05, 0) is 43.9 Å². The fraction of sp³-hybridized carbons (Fsp3) is 0.467. The number of amides is 1. The number of nitrogens with zero attached hydrogens (tertiary/aromatic N) is 1. The van der Waals surface area contributed by atoms with Crippen LogP contribution in [-0.2, 0) is 4.79 Å². The van der Waals surface area contributed by atoms with E-state index in [1.54, 1.807) is 0 Å². The van der Waals surface area contributed by atoms with E-state index < -0.39 is 0 Å². The largest absolute Gasteiger partial charge is 0.484 e. The second-order valence-electron chi connectivity index (χ2n) is 4.87. The molecular formula is C15H19BrN2O2. The van der Waals surface area contributed by atoms with Gasteiger partial charge in [0.25, 0.3) is 5.91 Å². The number of benzene rings is 1. The highest BCUT2D eigenvalue weighted by atomic mass is 79.9. The number of nitrogens with one attached hydrogen (secondary N) is 1. The van der Waals surface area contributed by atoms with Crippen LogP contribution >= 0.6 is 15.9 Å². The molecule has 1 aromatic rings. The van der Waals surface area contributed by atoms with Gasteiger partial charge in [0.2, 0.25) is 0 Å². The maximum atomic E-state index is 11.7. The number of hydrogen-bond donors (Lipinski definition) is 1. The van der Waals surface area contributed by atoms with E-state index in [0.717, 1.165) is 23.0 Å². The van der Waals surface area contributed by atoms with Gasteiger partial charge in [-0.3, -0.25) is 4.79 Å². The average molecular weight is 339 g/mol. The van der Waals surface area contributed by atoms with Crippen molar-refractivity contribution in [2.45, 2.75) is 38.5 Å². The van der Waals surface area contributed by atoms with Crippen LogP contribution in [0.5, 0.6) is 5.75 Å². The first-order valence-corrected chi connectivity index (χ1v) is 7.76. The Kier molecular flexibility index (Phi) is 6.05. The minimum Gasteiger partial charge on any atom is -0.484 e. The second kappa shape index (κ2) is 8.04. The molecule has 2 rings (SSSR count). The van der Waals surface area contributed by atoms with Gasteiger partial charge in [-0.15, -0.1) is 0 Å². The molecule has 5 heteroatoms.